The van der Waals surface area contributed by atoms with Gasteiger partial charge in [-0.3, -0.25) is 4.98 Å². The number of rotatable bonds is 2. The molecule has 3 aromatic rings. The van der Waals surface area contributed by atoms with Crippen LogP contribution in [-0.4, -0.2) is 9.97 Å². The molecule has 0 aliphatic carbocycles. The molecule has 0 atom stereocenters. The van der Waals surface area contributed by atoms with Crippen molar-refractivity contribution in [3.63, 3.8) is 0 Å². The molecule has 0 saturated carbocycles. The van der Waals surface area contributed by atoms with Crippen LogP contribution in [0.1, 0.15) is 0 Å². The highest BCUT2D eigenvalue weighted by molar-refractivity contribution is 7.13. The SMILES string of the molecule is c1ccc(-c2scnc2-c2ccncc2)cc1. The Morgan fingerprint density at radius 3 is 2.35 bits per heavy atom. The molecule has 0 aliphatic heterocycles. The summed E-state index contributed by atoms with van der Waals surface area (Å²) in [5, 5.41) is 0. The maximum atomic E-state index is 4.45. The van der Waals surface area contributed by atoms with Crippen LogP contribution in [0.2, 0.25) is 0 Å². The lowest BCUT2D eigenvalue weighted by atomic mass is 10.1. The molecule has 17 heavy (non-hydrogen) atoms. The number of pyridine rings is 1. The van der Waals surface area contributed by atoms with Crippen molar-refractivity contribution in [1.29, 1.82) is 0 Å². The molecule has 0 aliphatic rings. The van der Waals surface area contributed by atoms with Gasteiger partial charge in [0, 0.05) is 18.0 Å². The molecule has 0 bridgehead atoms. The highest BCUT2D eigenvalue weighted by atomic mass is 32.1. The largest absolute Gasteiger partial charge is 0.265 e. The van der Waals surface area contributed by atoms with Gasteiger partial charge in [-0.15, -0.1) is 11.3 Å². The van der Waals surface area contributed by atoms with Crippen LogP contribution in [0.15, 0.2) is 60.4 Å². The molecule has 2 nitrogen and oxygen atoms in total. The van der Waals surface area contributed by atoms with E-state index in [1.807, 2.05) is 35.8 Å². The lowest BCUT2D eigenvalue weighted by molar-refractivity contribution is 1.31. The number of aromatic nitrogens is 2. The third kappa shape index (κ3) is 1.97. The summed E-state index contributed by atoms with van der Waals surface area (Å²) < 4.78 is 0. The van der Waals surface area contributed by atoms with E-state index in [4.69, 9.17) is 0 Å². The van der Waals surface area contributed by atoms with E-state index in [0.29, 0.717) is 0 Å². The Kier molecular flexibility index (Phi) is 2.68. The first-order valence-corrected chi connectivity index (χ1v) is 6.22. The minimum atomic E-state index is 1.03. The average Bonchev–Trinajstić information content (AvgIpc) is 2.90. The minimum Gasteiger partial charge on any atom is -0.265 e. The maximum absolute atomic E-state index is 4.45. The van der Waals surface area contributed by atoms with Crippen molar-refractivity contribution in [3.05, 3.63) is 60.4 Å². The van der Waals surface area contributed by atoms with Gasteiger partial charge in [0.2, 0.25) is 0 Å². The van der Waals surface area contributed by atoms with E-state index in [9.17, 15) is 0 Å². The summed E-state index contributed by atoms with van der Waals surface area (Å²) >= 11 is 1.67. The number of hydrogen-bond donors (Lipinski definition) is 0. The van der Waals surface area contributed by atoms with Gasteiger partial charge in [0.1, 0.15) is 0 Å². The molecule has 1 aromatic carbocycles. The van der Waals surface area contributed by atoms with Crippen molar-refractivity contribution in [1.82, 2.24) is 9.97 Å². The predicted molar refractivity (Wildman–Crippen MR) is 70.8 cm³/mol. The Morgan fingerprint density at radius 2 is 1.59 bits per heavy atom. The summed E-state index contributed by atoms with van der Waals surface area (Å²) in [6.45, 7) is 0. The van der Waals surface area contributed by atoms with Crippen molar-refractivity contribution in [2.75, 3.05) is 0 Å². The van der Waals surface area contributed by atoms with Crippen LogP contribution < -0.4 is 0 Å². The van der Waals surface area contributed by atoms with Crippen LogP contribution in [0, 0.1) is 0 Å². The fourth-order valence-electron chi connectivity index (χ4n) is 1.76. The van der Waals surface area contributed by atoms with Crippen molar-refractivity contribution >= 4 is 11.3 Å². The number of thiazole rings is 1. The van der Waals surface area contributed by atoms with Crippen LogP contribution in [0.3, 0.4) is 0 Å². The Balaban J connectivity index is 2.13. The molecule has 0 amide bonds. The van der Waals surface area contributed by atoms with Crippen molar-refractivity contribution in [3.8, 4) is 21.7 Å². The molecule has 0 N–H and O–H groups in total. The third-order valence-electron chi connectivity index (χ3n) is 2.56. The van der Waals surface area contributed by atoms with E-state index >= 15 is 0 Å². The third-order valence-corrected chi connectivity index (χ3v) is 3.43. The van der Waals surface area contributed by atoms with E-state index in [0.717, 1.165) is 11.3 Å². The van der Waals surface area contributed by atoms with Gasteiger partial charge in [0.05, 0.1) is 16.1 Å². The Hall–Kier alpha value is -2.00. The molecular formula is C14H10N2S. The fraction of sp³-hybridized carbons (Fsp3) is 0. The molecule has 2 heterocycles. The van der Waals surface area contributed by atoms with Gasteiger partial charge >= 0.3 is 0 Å². The Labute approximate surface area is 104 Å². The molecule has 0 fully saturated rings. The smallest absolute Gasteiger partial charge is 0.0891 e. The van der Waals surface area contributed by atoms with Gasteiger partial charge in [-0.25, -0.2) is 4.98 Å². The van der Waals surface area contributed by atoms with Gasteiger partial charge in [0.15, 0.2) is 0 Å². The first kappa shape index (κ1) is 10.2. The molecule has 2 aromatic heterocycles. The van der Waals surface area contributed by atoms with Gasteiger partial charge in [-0.05, 0) is 17.7 Å². The summed E-state index contributed by atoms with van der Waals surface area (Å²) in [5.74, 6) is 0. The van der Waals surface area contributed by atoms with E-state index in [2.05, 4.69) is 22.1 Å². The zero-order chi connectivity index (χ0) is 11.5. The summed E-state index contributed by atoms with van der Waals surface area (Å²) in [6.07, 6.45) is 3.59. The Morgan fingerprint density at radius 1 is 0.824 bits per heavy atom. The van der Waals surface area contributed by atoms with Crippen molar-refractivity contribution in [2.45, 2.75) is 0 Å². The van der Waals surface area contributed by atoms with Crippen LogP contribution in [0.5, 0.6) is 0 Å². The topological polar surface area (TPSA) is 25.8 Å². The van der Waals surface area contributed by atoms with Crippen molar-refractivity contribution < 1.29 is 0 Å². The van der Waals surface area contributed by atoms with Crippen LogP contribution in [-0.2, 0) is 0 Å². The maximum Gasteiger partial charge on any atom is 0.0891 e. The van der Waals surface area contributed by atoms with Crippen LogP contribution in [0.25, 0.3) is 21.7 Å². The molecule has 0 spiro atoms. The van der Waals surface area contributed by atoms with Gasteiger partial charge in [-0.2, -0.15) is 0 Å². The molecule has 0 saturated heterocycles. The minimum absolute atomic E-state index is 1.03. The van der Waals surface area contributed by atoms with Gasteiger partial charge in [-0.1, -0.05) is 30.3 Å². The summed E-state index contributed by atoms with van der Waals surface area (Å²) in [4.78, 5) is 9.69. The molecule has 0 unspecified atom stereocenters. The van der Waals surface area contributed by atoms with Crippen molar-refractivity contribution in [2.24, 2.45) is 0 Å². The molecule has 0 radical (unpaired) electrons. The van der Waals surface area contributed by atoms with Gasteiger partial charge in [0.25, 0.3) is 0 Å². The summed E-state index contributed by atoms with van der Waals surface area (Å²) in [6, 6.07) is 14.3. The molecule has 82 valence electrons. The monoisotopic (exact) mass is 238 g/mol. The first-order chi connectivity index (χ1) is 8.45. The number of hydrogen-bond acceptors (Lipinski definition) is 3. The number of benzene rings is 1. The molecule has 3 heteroatoms. The first-order valence-electron chi connectivity index (χ1n) is 5.34. The second-order valence-corrected chi connectivity index (χ2v) is 4.49. The highest BCUT2D eigenvalue weighted by Crippen LogP contribution is 2.33. The fourth-order valence-corrected chi connectivity index (χ4v) is 2.57. The van der Waals surface area contributed by atoms with E-state index < -0.39 is 0 Å². The quantitative estimate of drug-likeness (QED) is 0.677. The van der Waals surface area contributed by atoms with E-state index in [1.54, 1.807) is 23.7 Å². The second-order valence-electron chi connectivity index (χ2n) is 3.63. The highest BCUT2D eigenvalue weighted by Gasteiger charge is 2.09. The molecule has 3 rings (SSSR count). The lowest BCUT2D eigenvalue weighted by Gasteiger charge is -2.02. The van der Waals surface area contributed by atoms with E-state index in [-0.39, 0.29) is 0 Å². The van der Waals surface area contributed by atoms with Crippen LogP contribution >= 0.6 is 11.3 Å². The number of nitrogens with zero attached hydrogens (tertiary/aromatic N) is 2. The second kappa shape index (κ2) is 4.47. The summed E-state index contributed by atoms with van der Waals surface area (Å²) in [7, 11) is 0. The average molecular weight is 238 g/mol. The normalized spacial score (nSPS) is 10.4. The van der Waals surface area contributed by atoms with Gasteiger partial charge < -0.3 is 0 Å². The summed E-state index contributed by atoms with van der Waals surface area (Å²) in [5.41, 5.74) is 5.24. The standard InChI is InChI=1S/C14H10N2S/c1-2-4-12(5-3-1)14-13(16-10-17-14)11-6-8-15-9-7-11/h1-10H. The zero-order valence-corrected chi connectivity index (χ0v) is 9.89. The Bertz CT molecular complexity index is 548. The van der Waals surface area contributed by atoms with Crippen LogP contribution in [0.4, 0.5) is 0 Å². The molecular weight excluding hydrogens is 228 g/mol. The predicted octanol–water partition coefficient (Wildman–Crippen LogP) is 3.87. The van der Waals surface area contributed by atoms with E-state index in [1.165, 1.54) is 10.4 Å². The lowest BCUT2D eigenvalue weighted by Crippen LogP contribution is -1.81. The zero-order valence-electron chi connectivity index (χ0n) is 9.08.